The number of nitrogens with two attached hydrogens (primary N) is 1. The van der Waals surface area contributed by atoms with Crippen molar-refractivity contribution < 1.29 is 18.7 Å². The molecule has 0 radical (unpaired) electrons. The summed E-state index contributed by atoms with van der Waals surface area (Å²) in [5.41, 5.74) is 6.93. The number of amides is 1. The van der Waals surface area contributed by atoms with Crippen molar-refractivity contribution >= 4 is 5.91 Å². The van der Waals surface area contributed by atoms with Crippen molar-refractivity contribution in [2.24, 2.45) is 5.73 Å². The zero-order valence-corrected chi connectivity index (χ0v) is 21.9. The molecule has 0 aromatic heterocycles. The summed E-state index contributed by atoms with van der Waals surface area (Å²) in [4.78, 5) is 15.5. The number of ether oxygens (including phenoxy) is 2. The maximum Gasteiger partial charge on any atom is 0.232 e. The molecule has 3 rings (SSSR count). The molecule has 0 atom stereocenters. The molecular formula is C30H39FN2O3. The highest BCUT2D eigenvalue weighted by atomic mass is 19.1. The van der Waals surface area contributed by atoms with Crippen molar-refractivity contribution in [2.75, 3.05) is 26.8 Å². The highest BCUT2D eigenvalue weighted by molar-refractivity contribution is 5.90. The second kappa shape index (κ2) is 12.3. The SMILES string of the molecule is CO/C(=C/COC1CN(C(C)(C)CCC(C(N)=O)(c2ccccc2)c2ccccc2)C1)C/C=C(\C)F. The molecule has 1 heterocycles. The fourth-order valence-electron chi connectivity index (χ4n) is 4.77. The molecule has 2 aromatic rings. The normalized spacial score (nSPS) is 16.0. The van der Waals surface area contributed by atoms with Crippen molar-refractivity contribution in [3.8, 4) is 0 Å². The highest BCUT2D eigenvalue weighted by Gasteiger charge is 2.44. The molecule has 1 amide bonds. The van der Waals surface area contributed by atoms with Crippen molar-refractivity contribution in [1.82, 2.24) is 4.90 Å². The molecule has 0 unspecified atom stereocenters. The van der Waals surface area contributed by atoms with Gasteiger partial charge in [-0.1, -0.05) is 60.7 Å². The van der Waals surface area contributed by atoms with Gasteiger partial charge in [0.1, 0.15) is 0 Å². The van der Waals surface area contributed by atoms with Crippen molar-refractivity contribution in [3.05, 3.63) is 95.5 Å². The Hall–Kier alpha value is -2.96. The van der Waals surface area contributed by atoms with Gasteiger partial charge < -0.3 is 15.2 Å². The maximum atomic E-state index is 13.1. The fourth-order valence-corrected chi connectivity index (χ4v) is 4.77. The van der Waals surface area contributed by atoms with E-state index >= 15 is 0 Å². The Bertz CT molecular complexity index is 1000. The first-order valence-electron chi connectivity index (χ1n) is 12.5. The first-order valence-corrected chi connectivity index (χ1v) is 12.5. The number of carbonyl (C=O) groups is 1. The smallest absolute Gasteiger partial charge is 0.232 e. The van der Waals surface area contributed by atoms with Crippen LogP contribution in [0.3, 0.4) is 0 Å². The molecule has 194 valence electrons. The van der Waals surface area contributed by atoms with Crippen molar-refractivity contribution in [2.45, 2.75) is 57.1 Å². The third kappa shape index (κ3) is 6.62. The standard InChI is InChI=1S/C30H39FN2O3/c1-23(31)15-16-26(35-4)17-20-36-27-21-33(22-27)29(2,3)18-19-30(28(32)34,24-11-7-5-8-12-24)25-13-9-6-10-14-25/h5-15,17,27H,16,18-22H2,1-4H3,(H2,32,34)/b23-15+,26-17+. The van der Waals surface area contributed by atoms with Crippen LogP contribution in [0.1, 0.15) is 51.2 Å². The van der Waals surface area contributed by atoms with Crippen LogP contribution < -0.4 is 5.73 Å². The lowest BCUT2D eigenvalue weighted by molar-refractivity contribution is -0.123. The van der Waals surface area contributed by atoms with Crippen LogP contribution in [0.5, 0.6) is 0 Å². The average molecular weight is 495 g/mol. The topological polar surface area (TPSA) is 64.8 Å². The van der Waals surface area contributed by atoms with Crippen LogP contribution in [0.4, 0.5) is 4.39 Å². The monoisotopic (exact) mass is 494 g/mol. The quantitative estimate of drug-likeness (QED) is 0.373. The molecule has 1 aliphatic heterocycles. The number of hydrogen-bond donors (Lipinski definition) is 1. The van der Waals surface area contributed by atoms with E-state index in [0.29, 0.717) is 25.2 Å². The second-order valence-electron chi connectivity index (χ2n) is 10.0. The Labute approximate surface area is 214 Å². The van der Waals surface area contributed by atoms with E-state index in [2.05, 4.69) is 18.7 Å². The molecule has 5 nitrogen and oxygen atoms in total. The zero-order valence-electron chi connectivity index (χ0n) is 21.9. The van der Waals surface area contributed by atoms with Crippen LogP contribution in [0.25, 0.3) is 0 Å². The summed E-state index contributed by atoms with van der Waals surface area (Å²) >= 11 is 0. The average Bonchev–Trinajstić information content (AvgIpc) is 2.83. The molecule has 0 saturated carbocycles. The van der Waals surface area contributed by atoms with Gasteiger partial charge in [-0.25, -0.2) is 4.39 Å². The predicted molar refractivity (Wildman–Crippen MR) is 142 cm³/mol. The molecule has 0 bridgehead atoms. The molecule has 2 aromatic carbocycles. The summed E-state index contributed by atoms with van der Waals surface area (Å²) < 4.78 is 24.2. The van der Waals surface area contributed by atoms with E-state index in [1.807, 2.05) is 66.7 Å². The summed E-state index contributed by atoms with van der Waals surface area (Å²) in [6.07, 6.45) is 5.27. The first-order chi connectivity index (χ1) is 17.2. The predicted octanol–water partition coefficient (Wildman–Crippen LogP) is 5.51. The van der Waals surface area contributed by atoms with E-state index in [1.165, 1.54) is 13.0 Å². The Kier molecular flexibility index (Phi) is 9.46. The van der Waals surface area contributed by atoms with Gasteiger partial charge in [0.25, 0.3) is 0 Å². The molecule has 0 spiro atoms. The second-order valence-corrected chi connectivity index (χ2v) is 10.0. The lowest BCUT2D eigenvalue weighted by atomic mass is 9.69. The van der Waals surface area contributed by atoms with Gasteiger partial charge in [0.2, 0.25) is 5.91 Å². The lowest BCUT2D eigenvalue weighted by Gasteiger charge is -2.50. The van der Waals surface area contributed by atoms with E-state index in [4.69, 9.17) is 15.2 Å². The molecule has 6 heteroatoms. The van der Waals surface area contributed by atoms with Crippen LogP contribution >= 0.6 is 0 Å². The third-order valence-electron chi connectivity index (χ3n) is 7.26. The van der Waals surface area contributed by atoms with Gasteiger partial charge in [-0.3, -0.25) is 9.69 Å². The summed E-state index contributed by atoms with van der Waals surface area (Å²) in [6, 6.07) is 19.7. The fraction of sp³-hybridized carbons (Fsp3) is 0.433. The largest absolute Gasteiger partial charge is 0.501 e. The summed E-state index contributed by atoms with van der Waals surface area (Å²) in [7, 11) is 1.58. The van der Waals surface area contributed by atoms with Gasteiger partial charge >= 0.3 is 0 Å². The van der Waals surface area contributed by atoms with Crippen molar-refractivity contribution in [3.63, 3.8) is 0 Å². The number of likely N-dealkylation sites (tertiary alicyclic amines) is 1. The Morgan fingerprint density at radius 3 is 2.06 bits per heavy atom. The molecule has 1 aliphatic rings. The van der Waals surface area contributed by atoms with Gasteiger partial charge in [-0.2, -0.15) is 0 Å². The molecule has 0 aliphatic carbocycles. The summed E-state index contributed by atoms with van der Waals surface area (Å²) in [5, 5.41) is 0. The van der Waals surface area contributed by atoms with Gasteiger partial charge in [0.15, 0.2) is 0 Å². The highest BCUT2D eigenvalue weighted by Crippen LogP contribution is 2.40. The Morgan fingerprint density at radius 1 is 1.03 bits per heavy atom. The van der Waals surface area contributed by atoms with Gasteiger partial charge in [-0.05, 0) is 56.9 Å². The van der Waals surface area contributed by atoms with Gasteiger partial charge in [0, 0.05) is 25.0 Å². The number of allylic oxidation sites excluding steroid dienone is 2. The molecule has 36 heavy (non-hydrogen) atoms. The zero-order chi connectivity index (χ0) is 26.2. The third-order valence-corrected chi connectivity index (χ3v) is 7.26. The number of hydrogen-bond acceptors (Lipinski definition) is 4. The van der Waals surface area contributed by atoms with E-state index in [1.54, 1.807) is 7.11 Å². The lowest BCUT2D eigenvalue weighted by Crippen LogP contribution is -2.61. The van der Waals surface area contributed by atoms with Crippen molar-refractivity contribution in [1.29, 1.82) is 0 Å². The number of nitrogens with zero attached hydrogens (tertiary/aromatic N) is 1. The number of halogens is 1. The first kappa shape index (κ1) is 27.6. The van der Waals surface area contributed by atoms with Crippen LogP contribution in [0.2, 0.25) is 0 Å². The Morgan fingerprint density at radius 2 is 1.58 bits per heavy atom. The number of carbonyl (C=O) groups excluding carboxylic acids is 1. The number of benzene rings is 2. The summed E-state index contributed by atoms with van der Waals surface area (Å²) in [5.74, 6) is 0.128. The minimum atomic E-state index is -0.895. The van der Waals surface area contributed by atoms with E-state index in [0.717, 1.165) is 30.6 Å². The molecular weight excluding hydrogens is 455 g/mol. The minimum absolute atomic E-state index is 0.126. The maximum absolute atomic E-state index is 13.1. The van der Waals surface area contributed by atoms with Crippen LogP contribution in [-0.2, 0) is 19.7 Å². The summed E-state index contributed by atoms with van der Waals surface area (Å²) in [6.45, 7) is 7.88. The number of primary amides is 1. The number of rotatable bonds is 13. The molecule has 1 fully saturated rings. The number of methoxy groups -OCH3 is 1. The van der Waals surface area contributed by atoms with Crippen LogP contribution in [-0.4, -0.2) is 49.3 Å². The minimum Gasteiger partial charge on any atom is -0.501 e. The van der Waals surface area contributed by atoms with Gasteiger partial charge in [0.05, 0.1) is 36.8 Å². The Balaban J connectivity index is 1.64. The van der Waals surface area contributed by atoms with Crippen LogP contribution in [0.15, 0.2) is 84.4 Å². The van der Waals surface area contributed by atoms with E-state index in [9.17, 15) is 9.18 Å². The van der Waals surface area contributed by atoms with Gasteiger partial charge in [-0.15, -0.1) is 0 Å². The van der Waals surface area contributed by atoms with Crippen LogP contribution in [0, 0.1) is 0 Å². The van der Waals surface area contributed by atoms with E-state index in [-0.39, 0.29) is 23.4 Å². The van der Waals surface area contributed by atoms with E-state index < -0.39 is 5.41 Å². The molecule has 2 N–H and O–H groups in total. The molecule has 1 saturated heterocycles.